The number of urea groups is 1. The summed E-state index contributed by atoms with van der Waals surface area (Å²) in [7, 11) is 1.38. The summed E-state index contributed by atoms with van der Waals surface area (Å²) in [6, 6.07) is 1.54. The number of ether oxygens (including phenoxy) is 1. The average Bonchev–Trinajstić information content (AvgIpc) is 3.38. The summed E-state index contributed by atoms with van der Waals surface area (Å²) in [5, 5.41) is 7.51. The molecule has 1 aliphatic carbocycles. The minimum Gasteiger partial charge on any atom is -0.465 e. The molecule has 1 fully saturated rings. The van der Waals surface area contributed by atoms with Gasteiger partial charge in [0.1, 0.15) is 5.00 Å². The second-order valence-corrected chi connectivity index (χ2v) is 8.16. The Hall–Kier alpha value is -2.35. The van der Waals surface area contributed by atoms with Crippen molar-refractivity contribution in [2.45, 2.75) is 51.5 Å². The second-order valence-electron chi connectivity index (χ2n) is 7.06. The molecule has 1 saturated heterocycles. The lowest BCUT2D eigenvalue weighted by molar-refractivity contribution is 0.0601. The number of nitrogens with zero attached hydrogens (tertiary/aromatic N) is 2. The molecule has 1 N–H and O–H groups in total. The van der Waals surface area contributed by atoms with Gasteiger partial charge in [0.15, 0.2) is 5.76 Å². The average molecular weight is 389 g/mol. The topological polar surface area (TPSA) is 84.7 Å². The number of amides is 2. The molecule has 0 radical (unpaired) electrons. The van der Waals surface area contributed by atoms with Crippen molar-refractivity contribution in [1.82, 2.24) is 10.1 Å². The van der Waals surface area contributed by atoms with E-state index >= 15 is 0 Å². The van der Waals surface area contributed by atoms with Gasteiger partial charge in [-0.05, 0) is 51.0 Å². The summed E-state index contributed by atoms with van der Waals surface area (Å²) in [4.78, 5) is 28.3. The number of carbonyl (C=O) groups excluding carboxylic acids is 2. The van der Waals surface area contributed by atoms with Crippen LogP contribution in [0.5, 0.6) is 0 Å². The van der Waals surface area contributed by atoms with Gasteiger partial charge in [0.05, 0.1) is 24.4 Å². The van der Waals surface area contributed by atoms with Crippen molar-refractivity contribution in [2.75, 3.05) is 19.0 Å². The number of likely N-dealkylation sites (tertiary alicyclic amines) is 1. The maximum atomic E-state index is 13.0. The van der Waals surface area contributed by atoms with Gasteiger partial charge in [0, 0.05) is 17.5 Å². The van der Waals surface area contributed by atoms with E-state index < -0.39 is 0 Å². The smallest absolute Gasteiger partial charge is 0.341 e. The van der Waals surface area contributed by atoms with Crippen molar-refractivity contribution in [3.63, 3.8) is 0 Å². The fourth-order valence-corrected chi connectivity index (χ4v) is 5.25. The van der Waals surface area contributed by atoms with Crippen molar-refractivity contribution < 1.29 is 18.8 Å². The molecule has 2 aromatic heterocycles. The number of hydrogen-bond donors (Lipinski definition) is 1. The molecule has 2 aromatic rings. The number of fused-ring (bicyclic) bond motifs is 1. The van der Waals surface area contributed by atoms with Gasteiger partial charge in [-0.2, -0.15) is 0 Å². The summed E-state index contributed by atoms with van der Waals surface area (Å²) in [6.45, 7) is 2.51. The van der Waals surface area contributed by atoms with Gasteiger partial charge < -0.3 is 14.2 Å². The summed E-state index contributed by atoms with van der Waals surface area (Å²) >= 11 is 1.50. The van der Waals surface area contributed by atoms with E-state index in [9.17, 15) is 9.59 Å². The van der Waals surface area contributed by atoms with Gasteiger partial charge in [-0.1, -0.05) is 5.16 Å². The number of aryl methyl sites for hydroxylation is 2. The summed E-state index contributed by atoms with van der Waals surface area (Å²) in [5.74, 6) is 0.326. The van der Waals surface area contributed by atoms with E-state index in [0.717, 1.165) is 49.8 Å². The van der Waals surface area contributed by atoms with Gasteiger partial charge in [-0.15, -0.1) is 11.3 Å². The Balaban J connectivity index is 1.59. The van der Waals surface area contributed by atoms with Crippen LogP contribution in [0.4, 0.5) is 9.80 Å². The lowest BCUT2D eigenvalue weighted by Gasteiger charge is -2.22. The number of anilines is 1. The number of rotatable bonds is 3. The quantitative estimate of drug-likeness (QED) is 0.800. The molecule has 0 unspecified atom stereocenters. The summed E-state index contributed by atoms with van der Waals surface area (Å²) < 4.78 is 10.4. The Morgan fingerprint density at radius 2 is 2.15 bits per heavy atom. The van der Waals surface area contributed by atoms with Crippen LogP contribution >= 0.6 is 11.3 Å². The third-order valence-corrected chi connectivity index (χ3v) is 6.48. The maximum Gasteiger partial charge on any atom is 0.341 e. The number of esters is 1. The van der Waals surface area contributed by atoms with Crippen molar-refractivity contribution in [1.29, 1.82) is 0 Å². The molecule has 3 heterocycles. The number of carbonyl (C=O) groups is 2. The Morgan fingerprint density at radius 3 is 2.89 bits per heavy atom. The first-order chi connectivity index (χ1) is 13.1. The minimum atomic E-state index is -0.381. The third kappa shape index (κ3) is 3.34. The van der Waals surface area contributed by atoms with E-state index in [1.54, 1.807) is 4.90 Å². The number of thiophene rings is 1. The fourth-order valence-electron chi connectivity index (χ4n) is 3.99. The predicted octanol–water partition coefficient (Wildman–Crippen LogP) is 4.08. The SMILES string of the molecule is COC(=O)c1c(NC(=O)N2CCC[C@@H]2c2cc(C)no2)sc2c1CCCC2. The maximum absolute atomic E-state index is 13.0. The second kappa shape index (κ2) is 7.34. The van der Waals surface area contributed by atoms with E-state index in [1.165, 1.54) is 23.3 Å². The van der Waals surface area contributed by atoms with Gasteiger partial charge in [0.25, 0.3) is 0 Å². The van der Waals surface area contributed by atoms with Crippen LogP contribution in [0.15, 0.2) is 10.6 Å². The van der Waals surface area contributed by atoms with Crippen LogP contribution in [0, 0.1) is 6.92 Å². The van der Waals surface area contributed by atoms with Crippen molar-refractivity contribution in [2.24, 2.45) is 0 Å². The monoisotopic (exact) mass is 389 g/mol. The Kier molecular flexibility index (Phi) is 4.90. The molecule has 0 bridgehead atoms. The molecule has 144 valence electrons. The minimum absolute atomic E-state index is 0.123. The standard InChI is InChI=1S/C19H23N3O4S/c1-11-10-14(26-21-11)13-7-5-9-22(13)19(24)20-17-16(18(23)25-2)12-6-3-4-8-15(12)27-17/h10,13H,3-9H2,1-2H3,(H,20,24)/t13-/m1/s1. The Morgan fingerprint density at radius 1 is 1.33 bits per heavy atom. The normalized spacial score (nSPS) is 19.0. The van der Waals surface area contributed by atoms with Crippen LogP contribution in [-0.4, -0.2) is 35.7 Å². The lowest BCUT2D eigenvalue weighted by Crippen LogP contribution is -2.34. The molecule has 27 heavy (non-hydrogen) atoms. The van der Waals surface area contributed by atoms with Crippen LogP contribution in [0.3, 0.4) is 0 Å². The van der Waals surface area contributed by atoms with E-state index in [2.05, 4.69) is 10.5 Å². The van der Waals surface area contributed by atoms with Gasteiger partial charge >= 0.3 is 12.0 Å². The Bertz CT molecular complexity index is 872. The van der Waals surface area contributed by atoms with Crippen LogP contribution < -0.4 is 5.32 Å². The number of aromatic nitrogens is 1. The van der Waals surface area contributed by atoms with Crippen LogP contribution in [-0.2, 0) is 17.6 Å². The van der Waals surface area contributed by atoms with Crippen LogP contribution in [0.1, 0.15) is 64.0 Å². The number of nitrogens with one attached hydrogen (secondary N) is 1. The van der Waals surface area contributed by atoms with Crippen molar-refractivity contribution in [3.8, 4) is 0 Å². The van der Waals surface area contributed by atoms with E-state index in [4.69, 9.17) is 9.26 Å². The highest BCUT2D eigenvalue weighted by molar-refractivity contribution is 7.17. The highest BCUT2D eigenvalue weighted by Gasteiger charge is 2.34. The van der Waals surface area contributed by atoms with E-state index in [-0.39, 0.29) is 18.0 Å². The zero-order valence-electron chi connectivity index (χ0n) is 15.5. The highest BCUT2D eigenvalue weighted by atomic mass is 32.1. The zero-order valence-corrected chi connectivity index (χ0v) is 16.4. The zero-order chi connectivity index (χ0) is 19.0. The molecule has 1 atom stereocenters. The first kappa shape index (κ1) is 18.0. The summed E-state index contributed by atoms with van der Waals surface area (Å²) in [6.07, 6.45) is 5.72. The van der Waals surface area contributed by atoms with Crippen molar-refractivity contribution in [3.05, 3.63) is 33.5 Å². The summed E-state index contributed by atoms with van der Waals surface area (Å²) in [5.41, 5.74) is 2.37. The molecule has 4 rings (SSSR count). The molecule has 0 saturated carbocycles. The van der Waals surface area contributed by atoms with Crippen molar-refractivity contribution >= 4 is 28.3 Å². The first-order valence-corrected chi connectivity index (χ1v) is 10.1. The molecule has 7 nitrogen and oxygen atoms in total. The van der Waals surface area contributed by atoms with E-state index in [0.29, 0.717) is 22.9 Å². The molecular formula is C19H23N3O4S. The molecular weight excluding hydrogens is 366 g/mol. The number of methoxy groups -OCH3 is 1. The predicted molar refractivity (Wildman–Crippen MR) is 101 cm³/mol. The highest BCUT2D eigenvalue weighted by Crippen LogP contribution is 2.39. The van der Waals surface area contributed by atoms with Crippen LogP contribution in [0.25, 0.3) is 0 Å². The third-order valence-electron chi connectivity index (χ3n) is 5.27. The first-order valence-electron chi connectivity index (χ1n) is 9.32. The molecule has 8 heteroatoms. The molecule has 0 spiro atoms. The van der Waals surface area contributed by atoms with E-state index in [1.807, 2.05) is 13.0 Å². The largest absolute Gasteiger partial charge is 0.465 e. The van der Waals surface area contributed by atoms with Crippen LogP contribution in [0.2, 0.25) is 0 Å². The van der Waals surface area contributed by atoms with Gasteiger partial charge in [-0.3, -0.25) is 5.32 Å². The molecule has 0 aromatic carbocycles. The molecule has 2 amide bonds. The van der Waals surface area contributed by atoms with Gasteiger partial charge in [0.2, 0.25) is 0 Å². The Labute approximate surface area is 161 Å². The van der Waals surface area contributed by atoms with Gasteiger partial charge in [-0.25, -0.2) is 9.59 Å². The fraction of sp³-hybridized carbons (Fsp3) is 0.526. The molecule has 1 aliphatic heterocycles. The number of hydrogen-bond acceptors (Lipinski definition) is 6. The lowest BCUT2D eigenvalue weighted by atomic mass is 9.95. The molecule has 2 aliphatic rings.